The van der Waals surface area contributed by atoms with E-state index in [0.717, 1.165) is 35.7 Å². The second kappa shape index (κ2) is 9.17. The summed E-state index contributed by atoms with van der Waals surface area (Å²) in [5.41, 5.74) is 1.62. The van der Waals surface area contributed by atoms with Crippen LogP contribution >= 0.6 is 23.2 Å². The highest BCUT2D eigenvalue weighted by Crippen LogP contribution is 2.50. The summed E-state index contributed by atoms with van der Waals surface area (Å²) >= 11 is 12.2. The van der Waals surface area contributed by atoms with Crippen LogP contribution in [0.2, 0.25) is 10.0 Å². The third-order valence-corrected chi connectivity index (χ3v) is 6.90. The van der Waals surface area contributed by atoms with E-state index in [4.69, 9.17) is 23.2 Å². The Labute approximate surface area is 179 Å². The van der Waals surface area contributed by atoms with Crippen LogP contribution in [0.3, 0.4) is 0 Å². The zero-order valence-corrected chi connectivity index (χ0v) is 18.5. The molecule has 1 saturated heterocycles. The lowest BCUT2D eigenvalue weighted by atomic mass is 9.62. The fourth-order valence-electron chi connectivity index (χ4n) is 4.96. The Hall–Kier alpha value is -1.06. The van der Waals surface area contributed by atoms with Crippen LogP contribution in [0.15, 0.2) is 48.5 Å². The molecule has 3 rings (SSSR count). The molecule has 2 N–H and O–H groups in total. The predicted octanol–water partition coefficient (Wildman–Crippen LogP) is 6.96. The molecule has 0 aliphatic carbocycles. The van der Waals surface area contributed by atoms with E-state index in [9.17, 15) is 5.11 Å². The zero-order valence-electron chi connectivity index (χ0n) is 17.0. The van der Waals surface area contributed by atoms with E-state index in [1.54, 1.807) is 0 Å². The number of nitrogens with one attached hydrogen (secondary N) is 1. The van der Waals surface area contributed by atoms with Gasteiger partial charge in [-0.2, -0.15) is 0 Å². The maximum absolute atomic E-state index is 12.0. The standard InChI is InChI=1S/C24H31Cl2NO/c1-4-6-21-23(18-9-13-20(26)14-10-18)27-22(16(3)24(21,28)15-5-2)17-7-11-19(25)12-8-17/h7-14,16,21-23,27-28H,4-6,15H2,1-3H3/t16-,21-,22+,23-,24+/m0/s1. The third kappa shape index (κ3) is 4.26. The summed E-state index contributed by atoms with van der Waals surface area (Å²) in [5, 5.41) is 17.4. The van der Waals surface area contributed by atoms with Crippen molar-refractivity contribution in [3.05, 3.63) is 69.7 Å². The first kappa shape index (κ1) is 21.6. The first-order valence-corrected chi connectivity index (χ1v) is 11.2. The summed E-state index contributed by atoms with van der Waals surface area (Å²) < 4.78 is 0. The molecule has 152 valence electrons. The molecule has 2 aromatic carbocycles. The SMILES string of the molecule is CCC[C@H]1[C@H](c2ccc(Cl)cc2)N[C@@H](c2ccc(Cl)cc2)[C@H](C)[C@]1(O)CCC. The van der Waals surface area contributed by atoms with Gasteiger partial charge in [0.25, 0.3) is 0 Å². The Morgan fingerprint density at radius 1 is 0.857 bits per heavy atom. The Kier molecular flexibility index (Phi) is 7.09. The fraction of sp³-hybridized carbons (Fsp3) is 0.500. The van der Waals surface area contributed by atoms with Crippen LogP contribution in [0.1, 0.15) is 69.7 Å². The van der Waals surface area contributed by atoms with Crippen molar-refractivity contribution in [1.29, 1.82) is 0 Å². The monoisotopic (exact) mass is 419 g/mol. The highest BCUT2D eigenvalue weighted by Gasteiger charge is 2.51. The van der Waals surface area contributed by atoms with Crippen LogP contribution < -0.4 is 5.32 Å². The second-order valence-corrected chi connectivity index (χ2v) is 9.02. The van der Waals surface area contributed by atoms with Crippen LogP contribution in [0.25, 0.3) is 0 Å². The molecule has 28 heavy (non-hydrogen) atoms. The summed E-state index contributed by atoms with van der Waals surface area (Å²) in [6, 6.07) is 16.2. The average molecular weight is 420 g/mol. The largest absolute Gasteiger partial charge is 0.389 e. The molecule has 1 fully saturated rings. The van der Waals surface area contributed by atoms with Gasteiger partial charge in [0.1, 0.15) is 0 Å². The van der Waals surface area contributed by atoms with Crippen molar-refractivity contribution >= 4 is 23.2 Å². The van der Waals surface area contributed by atoms with Crippen molar-refractivity contribution in [3.63, 3.8) is 0 Å². The summed E-state index contributed by atoms with van der Waals surface area (Å²) in [6.07, 6.45) is 3.78. The van der Waals surface area contributed by atoms with E-state index in [1.807, 2.05) is 24.3 Å². The van der Waals surface area contributed by atoms with Crippen LogP contribution in [-0.2, 0) is 0 Å². The highest BCUT2D eigenvalue weighted by molar-refractivity contribution is 6.30. The average Bonchev–Trinajstić information content (AvgIpc) is 2.68. The maximum atomic E-state index is 12.0. The van der Waals surface area contributed by atoms with Gasteiger partial charge in [-0.05, 0) is 48.2 Å². The van der Waals surface area contributed by atoms with Crippen molar-refractivity contribution in [3.8, 4) is 0 Å². The summed E-state index contributed by atoms with van der Waals surface area (Å²) in [5.74, 6) is 0.242. The molecule has 4 heteroatoms. The Bertz CT molecular complexity index is 761. The lowest BCUT2D eigenvalue weighted by Gasteiger charge is -2.53. The highest BCUT2D eigenvalue weighted by atomic mass is 35.5. The number of benzene rings is 2. The molecule has 0 spiro atoms. The number of hydrogen-bond acceptors (Lipinski definition) is 2. The molecular formula is C24H31Cl2NO. The number of hydrogen-bond donors (Lipinski definition) is 2. The molecule has 5 atom stereocenters. The molecule has 0 saturated carbocycles. The lowest BCUT2D eigenvalue weighted by Crippen LogP contribution is -2.58. The molecule has 1 aliphatic rings. The molecule has 0 radical (unpaired) electrons. The first-order chi connectivity index (χ1) is 13.4. The molecule has 1 heterocycles. The normalized spacial score (nSPS) is 30.4. The molecule has 0 unspecified atom stereocenters. The Morgan fingerprint density at radius 2 is 1.36 bits per heavy atom. The summed E-state index contributed by atoms with van der Waals surface area (Å²) in [7, 11) is 0. The van der Waals surface area contributed by atoms with Crippen molar-refractivity contribution in [2.24, 2.45) is 11.8 Å². The topological polar surface area (TPSA) is 32.3 Å². The van der Waals surface area contributed by atoms with Gasteiger partial charge >= 0.3 is 0 Å². The summed E-state index contributed by atoms with van der Waals surface area (Å²) in [6.45, 7) is 6.54. The van der Waals surface area contributed by atoms with Gasteiger partial charge in [-0.25, -0.2) is 0 Å². The first-order valence-electron chi connectivity index (χ1n) is 10.4. The molecule has 0 amide bonds. The number of aliphatic hydroxyl groups is 1. The number of rotatable bonds is 6. The van der Waals surface area contributed by atoms with E-state index >= 15 is 0 Å². The van der Waals surface area contributed by atoms with Gasteiger partial charge in [0.05, 0.1) is 5.60 Å². The van der Waals surface area contributed by atoms with Gasteiger partial charge in [-0.1, -0.05) is 81.1 Å². The van der Waals surface area contributed by atoms with E-state index < -0.39 is 5.60 Å². The van der Waals surface area contributed by atoms with Gasteiger partial charge in [0, 0.05) is 34.0 Å². The van der Waals surface area contributed by atoms with Gasteiger partial charge in [-0.3, -0.25) is 0 Å². The molecule has 2 aromatic rings. The van der Waals surface area contributed by atoms with Crippen molar-refractivity contribution in [1.82, 2.24) is 5.32 Å². The number of piperidine rings is 1. The van der Waals surface area contributed by atoms with Crippen molar-refractivity contribution in [2.45, 2.75) is 64.1 Å². The lowest BCUT2D eigenvalue weighted by molar-refractivity contribution is -0.125. The molecule has 0 aromatic heterocycles. The van der Waals surface area contributed by atoms with Gasteiger partial charge in [0.15, 0.2) is 0 Å². The van der Waals surface area contributed by atoms with Crippen molar-refractivity contribution < 1.29 is 5.11 Å². The minimum atomic E-state index is -0.732. The fourth-order valence-corrected chi connectivity index (χ4v) is 5.22. The van der Waals surface area contributed by atoms with Crippen molar-refractivity contribution in [2.75, 3.05) is 0 Å². The van der Waals surface area contributed by atoms with Crippen LogP contribution in [0.4, 0.5) is 0 Å². The van der Waals surface area contributed by atoms with Gasteiger partial charge in [-0.15, -0.1) is 0 Å². The molecule has 0 bridgehead atoms. The summed E-state index contributed by atoms with van der Waals surface area (Å²) in [4.78, 5) is 0. The third-order valence-electron chi connectivity index (χ3n) is 6.40. The molecule has 1 aliphatic heterocycles. The zero-order chi connectivity index (χ0) is 20.3. The predicted molar refractivity (Wildman–Crippen MR) is 119 cm³/mol. The van der Waals surface area contributed by atoms with Crippen LogP contribution in [0.5, 0.6) is 0 Å². The number of halogens is 2. The quantitative estimate of drug-likeness (QED) is 0.529. The Balaban J connectivity index is 2.06. The van der Waals surface area contributed by atoms with E-state index in [1.165, 1.54) is 11.1 Å². The van der Waals surface area contributed by atoms with Crippen LogP contribution in [0, 0.1) is 11.8 Å². The minimum Gasteiger partial charge on any atom is -0.389 e. The smallest absolute Gasteiger partial charge is 0.0737 e. The van der Waals surface area contributed by atoms with Gasteiger partial charge in [0.2, 0.25) is 0 Å². The van der Waals surface area contributed by atoms with E-state index in [-0.39, 0.29) is 23.9 Å². The second-order valence-electron chi connectivity index (χ2n) is 8.15. The molecular weight excluding hydrogens is 389 g/mol. The van der Waals surface area contributed by atoms with Gasteiger partial charge < -0.3 is 10.4 Å². The molecule has 2 nitrogen and oxygen atoms in total. The minimum absolute atomic E-state index is 0.0580. The van der Waals surface area contributed by atoms with E-state index in [2.05, 4.69) is 50.4 Å². The van der Waals surface area contributed by atoms with Crippen LogP contribution in [-0.4, -0.2) is 10.7 Å². The Morgan fingerprint density at radius 3 is 1.82 bits per heavy atom. The maximum Gasteiger partial charge on any atom is 0.0737 e. The van der Waals surface area contributed by atoms with E-state index in [0.29, 0.717) is 0 Å².